The maximum atomic E-state index is 14.0. The minimum absolute atomic E-state index is 0.0254. The second kappa shape index (κ2) is 41.8. The third-order valence-electron chi connectivity index (χ3n) is 19.4. The van der Waals surface area contributed by atoms with E-state index in [4.69, 9.17) is 28.4 Å². The van der Waals surface area contributed by atoms with Crippen molar-refractivity contribution < 1.29 is 93.7 Å². The highest BCUT2D eigenvalue weighted by atomic mass is 32.2. The van der Waals surface area contributed by atoms with Crippen LogP contribution in [0, 0.1) is 0 Å². The Hall–Kier alpha value is -7.86. The second-order valence-corrected chi connectivity index (χ2v) is 38.2. The first kappa shape index (κ1) is 90.1. The summed E-state index contributed by atoms with van der Waals surface area (Å²) in [5.41, 5.74) is 2.77. The van der Waals surface area contributed by atoms with Gasteiger partial charge in [-0.25, -0.2) is 25.3 Å². The average molecular weight is 1690 g/mol. The van der Waals surface area contributed by atoms with Gasteiger partial charge >= 0.3 is 15.8 Å². The van der Waals surface area contributed by atoms with Crippen molar-refractivity contribution in [3.63, 3.8) is 0 Å². The molecule has 0 aromatic heterocycles. The van der Waals surface area contributed by atoms with Crippen molar-refractivity contribution in [2.45, 2.75) is 234 Å². The zero-order valence-corrected chi connectivity index (χ0v) is 69.4. The van der Waals surface area contributed by atoms with Gasteiger partial charge in [0.25, 0.3) is 0 Å². The van der Waals surface area contributed by atoms with Crippen LogP contribution in [0.1, 0.15) is 167 Å². The minimum atomic E-state index is -5.87. The van der Waals surface area contributed by atoms with Crippen molar-refractivity contribution in [2.24, 2.45) is 0 Å². The summed E-state index contributed by atoms with van der Waals surface area (Å²) in [7, 11) is -19.0. The second-order valence-electron chi connectivity index (χ2n) is 27.8. The lowest BCUT2D eigenvalue weighted by Crippen LogP contribution is -2.42. The molecule has 0 amide bonds. The third-order valence-corrected chi connectivity index (χ3v) is 29.1. The molecular weight excluding hydrogens is 1590 g/mol. The molecule has 11 rings (SSSR count). The van der Waals surface area contributed by atoms with Crippen LogP contribution in [-0.4, -0.2) is 92.8 Å². The van der Waals surface area contributed by atoms with Crippen LogP contribution >= 0.6 is 0 Å². The van der Waals surface area contributed by atoms with Crippen molar-refractivity contribution in [3.05, 3.63) is 236 Å². The summed E-state index contributed by atoms with van der Waals surface area (Å²) < 4.78 is 214. The largest absolute Gasteiger partial charge is 0.743 e. The molecule has 0 N–H and O–H groups in total. The van der Waals surface area contributed by atoms with Gasteiger partial charge in [0, 0.05) is 0 Å². The molecule has 2 fully saturated rings. The van der Waals surface area contributed by atoms with Crippen LogP contribution in [0.3, 0.4) is 0 Å². The number of benzene rings is 9. The van der Waals surface area contributed by atoms with Crippen molar-refractivity contribution in [1.82, 2.24) is 0 Å². The summed E-state index contributed by atoms with van der Waals surface area (Å²) in [6, 6.07) is 71.1. The lowest BCUT2D eigenvalue weighted by atomic mass is 9.84. The molecule has 614 valence electrons. The quantitative estimate of drug-likeness (QED) is 0.0156. The highest BCUT2D eigenvalue weighted by Crippen LogP contribution is 2.42. The van der Waals surface area contributed by atoms with Gasteiger partial charge in [0.1, 0.15) is 34.5 Å². The summed E-state index contributed by atoms with van der Waals surface area (Å²) in [6.07, 6.45) is 12.4. The number of alkyl halides is 6. The van der Waals surface area contributed by atoms with Gasteiger partial charge in [-0.05, 0) is 271 Å². The summed E-state index contributed by atoms with van der Waals surface area (Å²) in [5, 5.41) is -13.6. The first-order valence-corrected chi connectivity index (χ1v) is 46.2. The van der Waals surface area contributed by atoms with Gasteiger partial charge in [0.2, 0.25) is 0 Å². The number of unbranched alkanes of at least 4 members (excludes halogenated alkanes) is 3. The molecule has 4 unspecified atom stereocenters. The van der Waals surface area contributed by atoms with E-state index in [1.54, 1.807) is 36.4 Å². The van der Waals surface area contributed by atoms with Gasteiger partial charge in [-0.2, -0.15) is 26.3 Å². The molecule has 0 radical (unpaired) electrons. The molecular formula is C87H98F6O15S6. The van der Waals surface area contributed by atoms with Gasteiger partial charge < -0.3 is 42.1 Å². The maximum absolute atomic E-state index is 14.0. The van der Waals surface area contributed by atoms with Crippen LogP contribution in [0.5, 0.6) is 34.5 Å². The van der Waals surface area contributed by atoms with Crippen LogP contribution in [0.2, 0.25) is 0 Å². The van der Waals surface area contributed by atoms with E-state index in [0.717, 1.165) is 111 Å². The lowest BCUT2D eigenvalue weighted by molar-refractivity contribution is -0.0242. The number of hydrogen-bond acceptors (Lipinski definition) is 15. The molecule has 4 atom stereocenters. The summed E-state index contributed by atoms with van der Waals surface area (Å²) in [6.45, 7) is 10.8. The predicted octanol–water partition coefficient (Wildman–Crippen LogP) is 21.7. The third kappa shape index (κ3) is 24.6. The monoisotopic (exact) mass is 1690 g/mol. The van der Waals surface area contributed by atoms with E-state index in [-0.39, 0.29) is 17.2 Å². The maximum Gasteiger partial charge on any atom is 0.369 e. The molecule has 9 aromatic carbocycles. The zero-order valence-electron chi connectivity index (χ0n) is 64.5. The Labute approximate surface area is 676 Å². The Balaban J connectivity index is 0.000000197. The molecule has 2 aliphatic carbocycles. The average Bonchev–Trinajstić information content (AvgIpc) is 0.790. The van der Waals surface area contributed by atoms with E-state index in [1.807, 2.05) is 115 Å². The highest BCUT2D eigenvalue weighted by Gasteiger charge is 2.48. The number of rotatable bonds is 35. The van der Waals surface area contributed by atoms with E-state index < -0.39 is 97.1 Å². The lowest BCUT2D eigenvalue weighted by Gasteiger charge is -2.26. The molecule has 9 aromatic rings. The number of ether oxygens (including phenoxy) is 6. The molecule has 0 aliphatic heterocycles. The fourth-order valence-corrected chi connectivity index (χ4v) is 20.3. The summed E-state index contributed by atoms with van der Waals surface area (Å²) in [5.74, 6) is 3.72. The number of halogens is 6. The Morgan fingerprint density at radius 2 is 0.518 bits per heavy atom. The topological polar surface area (TPSA) is 227 Å². The molecule has 2 aliphatic rings. The first-order chi connectivity index (χ1) is 54.3. The van der Waals surface area contributed by atoms with E-state index in [1.165, 1.54) is 109 Å². The van der Waals surface area contributed by atoms with E-state index in [0.29, 0.717) is 31.7 Å². The molecule has 0 spiro atoms. The molecule has 0 bridgehead atoms. The molecule has 27 heteroatoms. The van der Waals surface area contributed by atoms with E-state index >= 15 is 0 Å². The number of hydrogen-bond donors (Lipinski definition) is 0. The van der Waals surface area contributed by atoms with Crippen molar-refractivity contribution in [3.8, 4) is 34.5 Å². The van der Waals surface area contributed by atoms with Gasteiger partial charge in [-0.1, -0.05) is 121 Å². The SMILES string of the molecule is CC(Oc1ccc([S+](c2ccc(C3CCCCC3)cc2)c2ccc(C3CCCCC3)cc2)cc1)C(F)(F)S(=O)(=O)[O-].CCCCOc1ccc([S+](c2ccc(OCCCC)cc2)c2ccc(OC(C)C(F)(F)S(=O)(=O)[O-])cc2)cc1.CCCCOc1ccc([S+](c2ccccc2)c2ccc(OC(C)C(F)(F)S(=O)(=O)[O-])cc2)cc1. The minimum Gasteiger partial charge on any atom is -0.743 e. The van der Waals surface area contributed by atoms with Gasteiger partial charge in [-0.3, -0.25) is 0 Å². The fraction of sp³-hybridized carbons (Fsp3) is 0.379. The van der Waals surface area contributed by atoms with Crippen LogP contribution in [0.15, 0.2) is 269 Å². The van der Waals surface area contributed by atoms with E-state index in [9.17, 15) is 65.3 Å². The van der Waals surface area contributed by atoms with E-state index in [2.05, 4.69) is 69.3 Å². The Bertz CT molecular complexity index is 4650. The van der Waals surface area contributed by atoms with Crippen LogP contribution < -0.4 is 28.4 Å². The van der Waals surface area contributed by atoms with Crippen molar-refractivity contribution in [1.29, 1.82) is 0 Å². The van der Waals surface area contributed by atoms with Crippen LogP contribution in [0.25, 0.3) is 0 Å². The molecule has 15 nitrogen and oxygen atoms in total. The zero-order chi connectivity index (χ0) is 82.3. The molecule has 0 heterocycles. The standard InChI is InChI=1S/C33H38F2O4S2.C29H34F2O6S2.C25H26F2O5S2/c1-24(33(34,35)41(36,37)38)39-29-16-22-32(23-17-29)40(30-18-12-27(13-19-30)25-8-4-2-5-9-25)31-20-14-28(15-21-31)26-10-6-3-7-11-26;1-4-6-20-35-23-8-14-26(15-9-23)38(27-16-10-24(11-17-27)36-21-7-5-2)28-18-12-25(13-19-28)37-22(3)29(30,31)39(32,33)34;1-3-4-18-31-20-10-14-23(15-11-20)33(22-8-6-5-7-9-22)24-16-12-21(13-17-24)32-19(2)25(26,27)34(28,29)30/h12-26H,2-11H2,1H3;8-19,22H,4-7,20-21H2,1-3H3;5-17,19H,3-4,18H2,1-2H3. The normalized spacial score (nSPS) is 15.1. The highest BCUT2D eigenvalue weighted by molar-refractivity contribution is 7.97. The summed E-state index contributed by atoms with van der Waals surface area (Å²) in [4.78, 5) is 9.26. The molecule has 2 saturated carbocycles. The van der Waals surface area contributed by atoms with Crippen LogP contribution in [0.4, 0.5) is 26.3 Å². The van der Waals surface area contributed by atoms with Crippen molar-refractivity contribution >= 4 is 63.0 Å². The van der Waals surface area contributed by atoms with Gasteiger partial charge in [-0.15, -0.1) is 0 Å². The Morgan fingerprint density at radius 3 is 0.728 bits per heavy atom. The van der Waals surface area contributed by atoms with Gasteiger partial charge in [0.15, 0.2) is 92.7 Å². The summed E-state index contributed by atoms with van der Waals surface area (Å²) >= 11 is 0. The fourth-order valence-electron chi connectivity index (χ4n) is 12.8. The predicted molar refractivity (Wildman–Crippen MR) is 432 cm³/mol. The Kier molecular flexibility index (Phi) is 33.0. The molecule has 0 saturated heterocycles. The Morgan fingerprint density at radius 1 is 0.316 bits per heavy atom. The molecule has 114 heavy (non-hydrogen) atoms. The van der Waals surface area contributed by atoms with Crippen LogP contribution in [-0.2, 0) is 63.0 Å². The smallest absolute Gasteiger partial charge is 0.369 e. The van der Waals surface area contributed by atoms with Crippen molar-refractivity contribution in [2.75, 3.05) is 19.8 Å². The first-order valence-electron chi connectivity index (χ1n) is 38.3. The van der Waals surface area contributed by atoms with Gasteiger partial charge in [0.05, 0.1) is 52.5 Å².